The Morgan fingerprint density at radius 2 is 2.04 bits per heavy atom. The Hall–Kier alpha value is -2.89. The van der Waals surface area contributed by atoms with Crippen molar-refractivity contribution >= 4 is 23.0 Å². The molecule has 0 radical (unpaired) electrons. The van der Waals surface area contributed by atoms with Gasteiger partial charge in [-0.2, -0.15) is 0 Å². The zero-order valence-electron chi connectivity index (χ0n) is 15.2. The highest BCUT2D eigenvalue weighted by Gasteiger charge is 2.14. The Bertz CT molecular complexity index is 1030. The number of quaternary nitrogens is 1. The monoisotopic (exact) mass is 382 g/mol. The SMILES string of the molecule is C[NH2+]/C(C)=C1/C=C(n2ccc(OCc3ccccc3Cl)cc2=O)C=CC1=N. The number of nitrogens with one attached hydrogen (secondary N) is 1. The normalized spacial score (nSPS) is 15.5. The molecule has 0 atom stereocenters. The molecule has 1 aliphatic rings. The molecule has 0 saturated heterocycles. The number of pyridine rings is 1. The van der Waals surface area contributed by atoms with Gasteiger partial charge in [0, 0.05) is 35.5 Å². The molecule has 1 aromatic heterocycles. The average molecular weight is 383 g/mol. The Balaban J connectivity index is 1.83. The summed E-state index contributed by atoms with van der Waals surface area (Å²) in [4.78, 5) is 12.5. The third-order valence-corrected chi connectivity index (χ3v) is 4.75. The summed E-state index contributed by atoms with van der Waals surface area (Å²) in [6.07, 6.45) is 6.99. The highest BCUT2D eigenvalue weighted by atomic mass is 35.5. The van der Waals surface area contributed by atoms with Crippen LogP contribution in [0.3, 0.4) is 0 Å². The molecular weight excluding hydrogens is 362 g/mol. The van der Waals surface area contributed by atoms with Gasteiger partial charge in [-0.25, -0.2) is 0 Å². The van der Waals surface area contributed by atoms with Gasteiger partial charge in [0.1, 0.15) is 18.1 Å². The first-order chi connectivity index (χ1) is 13.0. The van der Waals surface area contributed by atoms with Crippen molar-refractivity contribution in [1.82, 2.24) is 4.57 Å². The first kappa shape index (κ1) is 18.9. The predicted octanol–water partition coefficient (Wildman–Crippen LogP) is 2.98. The molecule has 1 aliphatic carbocycles. The second-order valence-electron chi connectivity index (χ2n) is 6.15. The number of hydrogen-bond donors (Lipinski definition) is 2. The molecule has 6 heteroatoms. The van der Waals surface area contributed by atoms with Crippen LogP contribution in [0.25, 0.3) is 5.70 Å². The van der Waals surface area contributed by atoms with E-state index < -0.39 is 0 Å². The summed E-state index contributed by atoms with van der Waals surface area (Å²) >= 11 is 6.13. The van der Waals surface area contributed by atoms with Crippen molar-refractivity contribution in [1.29, 1.82) is 5.41 Å². The van der Waals surface area contributed by atoms with Crippen LogP contribution in [0.4, 0.5) is 0 Å². The summed E-state index contributed by atoms with van der Waals surface area (Å²) in [6.45, 7) is 2.24. The summed E-state index contributed by atoms with van der Waals surface area (Å²) in [5.41, 5.74) is 3.61. The third-order valence-electron chi connectivity index (χ3n) is 4.38. The van der Waals surface area contributed by atoms with E-state index in [0.29, 0.717) is 28.8 Å². The fourth-order valence-electron chi connectivity index (χ4n) is 2.70. The number of hydrogen-bond acceptors (Lipinski definition) is 3. The van der Waals surface area contributed by atoms with Crippen molar-refractivity contribution in [3.63, 3.8) is 0 Å². The zero-order chi connectivity index (χ0) is 19.4. The van der Waals surface area contributed by atoms with E-state index in [9.17, 15) is 4.79 Å². The minimum atomic E-state index is -0.200. The van der Waals surface area contributed by atoms with Crippen molar-refractivity contribution in [2.45, 2.75) is 13.5 Å². The van der Waals surface area contributed by atoms with Gasteiger partial charge in [0.2, 0.25) is 0 Å². The minimum absolute atomic E-state index is 0.200. The van der Waals surface area contributed by atoms with Crippen molar-refractivity contribution < 1.29 is 10.1 Å². The van der Waals surface area contributed by atoms with Crippen LogP contribution < -0.4 is 15.6 Å². The van der Waals surface area contributed by atoms with Gasteiger partial charge in [0.25, 0.3) is 5.56 Å². The van der Waals surface area contributed by atoms with Crippen LogP contribution in [0, 0.1) is 5.41 Å². The van der Waals surface area contributed by atoms with Crippen LogP contribution in [0.5, 0.6) is 5.75 Å². The number of benzene rings is 1. The van der Waals surface area contributed by atoms with Gasteiger partial charge in [0.05, 0.1) is 18.3 Å². The molecule has 27 heavy (non-hydrogen) atoms. The fourth-order valence-corrected chi connectivity index (χ4v) is 2.89. The maximum Gasteiger partial charge on any atom is 0.258 e. The molecule has 3 rings (SSSR count). The molecule has 0 saturated carbocycles. The van der Waals surface area contributed by atoms with Gasteiger partial charge in [0.15, 0.2) is 0 Å². The molecule has 0 fully saturated rings. The lowest BCUT2D eigenvalue weighted by molar-refractivity contribution is -0.576. The summed E-state index contributed by atoms with van der Waals surface area (Å²) in [7, 11) is 1.93. The quantitative estimate of drug-likeness (QED) is 0.834. The van der Waals surface area contributed by atoms with Crippen LogP contribution in [0.1, 0.15) is 12.5 Å². The lowest BCUT2D eigenvalue weighted by atomic mass is 10.0. The molecule has 1 aromatic carbocycles. The average Bonchev–Trinajstić information content (AvgIpc) is 2.67. The number of aromatic nitrogens is 1. The fraction of sp³-hybridized carbons (Fsp3) is 0.143. The Kier molecular flexibility index (Phi) is 5.74. The summed E-state index contributed by atoms with van der Waals surface area (Å²) < 4.78 is 7.24. The van der Waals surface area contributed by atoms with Gasteiger partial charge in [-0.15, -0.1) is 0 Å². The number of nitrogens with two attached hydrogens (primary N) is 1. The van der Waals surface area contributed by atoms with Crippen LogP contribution in [0.2, 0.25) is 5.02 Å². The van der Waals surface area contributed by atoms with E-state index >= 15 is 0 Å². The van der Waals surface area contributed by atoms with Crippen molar-refractivity contribution in [3.8, 4) is 5.75 Å². The molecule has 3 N–H and O–H groups in total. The maximum absolute atomic E-state index is 12.5. The van der Waals surface area contributed by atoms with E-state index in [1.54, 1.807) is 30.5 Å². The first-order valence-electron chi connectivity index (χ1n) is 8.58. The second kappa shape index (κ2) is 8.20. The van der Waals surface area contributed by atoms with Gasteiger partial charge in [-0.05, 0) is 30.4 Å². The highest BCUT2D eigenvalue weighted by Crippen LogP contribution is 2.20. The predicted molar refractivity (Wildman–Crippen MR) is 108 cm³/mol. The molecule has 0 amide bonds. The molecule has 1 heterocycles. The lowest BCUT2D eigenvalue weighted by Gasteiger charge is -2.14. The number of nitrogens with zero attached hydrogens (tertiary/aromatic N) is 1. The molecule has 2 aromatic rings. The van der Waals surface area contributed by atoms with E-state index in [-0.39, 0.29) is 5.56 Å². The number of ether oxygens (including phenoxy) is 1. The summed E-state index contributed by atoms with van der Waals surface area (Å²) in [6, 6.07) is 10.6. The van der Waals surface area contributed by atoms with Crippen LogP contribution >= 0.6 is 11.6 Å². The third kappa shape index (κ3) is 4.27. The second-order valence-corrected chi connectivity index (χ2v) is 6.56. The smallest absolute Gasteiger partial charge is 0.258 e. The lowest BCUT2D eigenvalue weighted by Crippen LogP contribution is -2.77. The zero-order valence-corrected chi connectivity index (χ0v) is 16.0. The van der Waals surface area contributed by atoms with Gasteiger partial charge in [-0.1, -0.05) is 29.8 Å². The highest BCUT2D eigenvalue weighted by molar-refractivity contribution is 6.31. The number of halogens is 1. The first-order valence-corrected chi connectivity index (χ1v) is 8.95. The van der Waals surface area contributed by atoms with E-state index in [4.69, 9.17) is 21.7 Å². The Morgan fingerprint density at radius 3 is 2.74 bits per heavy atom. The number of rotatable bonds is 5. The van der Waals surface area contributed by atoms with Crippen molar-refractivity contribution in [2.75, 3.05) is 7.05 Å². The largest absolute Gasteiger partial charge is 0.489 e. The van der Waals surface area contributed by atoms with Crippen LogP contribution in [0.15, 0.2) is 76.9 Å². The molecule has 0 unspecified atom stereocenters. The minimum Gasteiger partial charge on any atom is -0.489 e. The van der Waals surface area contributed by atoms with Crippen LogP contribution in [-0.2, 0) is 6.61 Å². The van der Waals surface area contributed by atoms with Crippen molar-refractivity contribution in [2.24, 2.45) is 0 Å². The maximum atomic E-state index is 12.5. The van der Waals surface area contributed by atoms with E-state index in [1.165, 1.54) is 10.6 Å². The van der Waals surface area contributed by atoms with Gasteiger partial charge < -0.3 is 15.5 Å². The Morgan fingerprint density at radius 1 is 1.26 bits per heavy atom. The Labute approximate surface area is 162 Å². The molecule has 138 valence electrons. The molecular formula is C21H21ClN3O2+. The van der Waals surface area contributed by atoms with E-state index in [1.807, 2.05) is 43.6 Å². The molecule has 0 bridgehead atoms. The van der Waals surface area contributed by atoms with Crippen LogP contribution in [-0.4, -0.2) is 17.3 Å². The van der Waals surface area contributed by atoms with E-state index in [2.05, 4.69) is 0 Å². The van der Waals surface area contributed by atoms with Gasteiger partial charge in [-0.3, -0.25) is 9.36 Å². The number of allylic oxidation sites excluding steroid dienone is 6. The molecule has 0 spiro atoms. The molecule has 0 aliphatic heterocycles. The van der Waals surface area contributed by atoms with E-state index in [0.717, 1.165) is 16.8 Å². The summed E-state index contributed by atoms with van der Waals surface area (Å²) in [5.74, 6) is 0.484. The van der Waals surface area contributed by atoms with Crippen molar-refractivity contribution in [3.05, 3.63) is 93.0 Å². The molecule has 5 nitrogen and oxygen atoms in total. The standard InChI is InChI=1S/C21H20ClN3O2/c1-14(24-2)18-11-16(7-8-20(18)23)25-10-9-17(12-21(25)26)27-13-15-5-3-4-6-19(15)22/h3-12,23-24H,13H2,1-2H3/p+1/b18-14-,23-20?. The summed E-state index contributed by atoms with van der Waals surface area (Å²) in [5, 5.41) is 10.6. The topological polar surface area (TPSA) is 71.7 Å². The van der Waals surface area contributed by atoms with Gasteiger partial charge >= 0.3 is 0 Å².